The van der Waals surface area contributed by atoms with E-state index in [4.69, 9.17) is 0 Å². The molecule has 2 aromatic carbocycles. The molecule has 2 aromatic rings. The maximum Gasteiger partial charge on any atom is 0.0237 e. The Morgan fingerprint density at radius 1 is 0.955 bits per heavy atom. The largest absolute Gasteiger partial charge is 0.298 e. The number of benzene rings is 2. The van der Waals surface area contributed by atoms with Crippen molar-refractivity contribution in [3.8, 4) is 0 Å². The highest BCUT2D eigenvalue weighted by Gasteiger charge is 2.13. The molecule has 1 nitrogen and oxygen atoms in total. The lowest BCUT2D eigenvalue weighted by Gasteiger charge is -2.21. The van der Waals surface area contributed by atoms with E-state index >= 15 is 0 Å². The molecule has 0 aliphatic carbocycles. The Hall–Kier alpha value is -1.12. The Morgan fingerprint density at radius 3 is 2.18 bits per heavy atom. The third-order valence-electron chi connectivity index (χ3n) is 4.09. The SMILES string of the molecule is Cc1c(Br)cccc1CN(C)Cc1ccc(C(C)(C)C)cc1. The predicted octanol–water partition coefficient (Wildman–Crippen LogP) is 5.69. The van der Waals surface area contributed by atoms with Gasteiger partial charge >= 0.3 is 0 Å². The molecule has 0 radical (unpaired) electrons. The van der Waals surface area contributed by atoms with Crippen LogP contribution in [0.4, 0.5) is 0 Å². The van der Waals surface area contributed by atoms with Crippen LogP contribution >= 0.6 is 15.9 Å². The molecule has 0 aromatic heterocycles. The summed E-state index contributed by atoms with van der Waals surface area (Å²) in [4.78, 5) is 2.36. The van der Waals surface area contributed by atoms with Gasteiger partial charge in [-0.25, -0.2) is 0 Å². The quantitative estimate of drug-likeness (QED) is 0.677. The highest BCUT2D eigenvalue weighted by molar-refractivity contribution is 9.10. The van der Waals surface area contributed by atoms with Crippen molar-refractivity contribution >= 4 is 15.9 Å². The third-order valence-corrected chi connectivity index (χ3v) is 4.95. The lowest BCUT2D eigenvalue weighted by molar-refractivity contribution is 0.318. The van der Waals surface area contributed by atoms with Gasteiger partial charge in [-0.3, -0.25) is 4.90 Å². The molecule has 0 bridgehead atoms. The van der Waals surface area contributed by atoms with Crippen LogP contribution in [0.2, 0.25) is 0 Å². The molecule has 0 fully saturated rings. The first-order chi connectivity index (χ1) is 10.3. The van der Waals surface area contributed by atoms with Gasteiger partial charge < -0.3 is 0 Å². The van der Waals surface area contributed by atoms with Gasteiger partial charge in [-0.15, -0.1) is 0 Å². The van der Waals surface area contributed by atoms with Gasteiger partial charge in [0.1, 0.15) is 0 Å². The van der Waals surface area contributed by atoms with E-state index in [0.29, 0.717) is 0 Å². The van der Waals surface area contributed by atoms with Crippen LogP contribution in [0, 0.1) is 6.92 Å². The second kappa shape index (κ2) is 6.97. The fraction of sp³-hybridized carbons (Fsp3) is 0.400. The zero-order chi connectivity index (χ0) is 16.3. The average Bonchev–Trinajstić information content (AvgIpc) is 2.43. The molecule has 2 rings (SSSR count). The van der Waals surface area contributed by atoms with E-state index in [1.807, 2.05) is 0 Å². The van der Waals surface area contributed by atoms with E-state index in [2.05, 4.69) is 98.0 Å². The first-order valence-electron chi connectivity index (χ1n) is 7.79. The van der Waals surface area contributed by atoms with E-state index in [0.717, 1.165) is 13.1 Å². The molecular formula is C20H26BrN. The third kappa shape index (κ3) is 4.44. The minimum Gasteiger partial charge on any atom is -0.298 e. The van der Waals surface area contributed by atoms with Gasteiger partial charge in [0.05, 0.1) is 0 Å². The Bertz CT molecular complexity index is 623. The number of nitrogens with zero attached hydrogens (tertiary/aromatic N) is 1. The second-order valence-electron chi connectivity index (χ2n) is 7.14. The molecule has 0 saturated heterocycles. The molecule has 0 aliphatic heterocycles. The molecule has 0 heterocycles. The van der Waals surface area contributed by atoms with Gasteiger partial charge in [0.2, 0.25) is 0 Å². The Balaban J connectivity index is 2.03. The van der Waals surface area contributed by atoms with Crippen molar-refractivity contribution in [1.29, 1.82) is 0 Å². The fourth-order valence-electron chi connectivity index (χ4n) is 2.59. The van der Waals surface area contributed by atoms with Gasteiger partial charge in [-0.05, 0) is 47.7 Å². The molecule has 0 amide bonds. The van der Waals surface area contributed by atoms with Crippen LogP contribution in [-0.4, -0.2) is 11.9 Å². The van der Waals surface area contributed by atoms with Crippen LogP contribution in [0.1, 0.15) is 43.0 Å². The summed E-state index contributed by atoms with van der Waals surface area (Å²) in [6.45, 7) is 10.9. The monoisotopic (exact) mass is 359 g/mol. The van der Waals surface area contributed by atoms with Crippen molar-refractivity contribution in [2.75, 3.05) is 7.05 Å². The average molecular weight is 360 g/mol. The van der Waals surface area contributed by atoms with Gasteiger partial charge in [0.15, 0.2) is 0 Å². The summed E-state index contributed by atoms with van der Waals surface area (Å²) >= 11 is 3.61. The van der Waals surface area contributed by atoms with Gasteiger partial charge in [0.25, 0.3) is 0 Å². The summed E-state index contributed by atoms with van der Waals surface area (Å²) < 4.78 is 1.19. The predicted molar refractivity (Wildman–Crippen MR) is 99.2 cm³/mol. The van der Waals surface area contributed by atoms with Crippen LogP contribution in [0.5, 0.6) is 0 Å². The second-order valence-corrected chi connectivity index (χ2v) is 8.00. The summed E-state index contributed by atoms with van der Waals surface area (Å²) in [7, 11) is 2.18. The van der Waals surface area contributed by atoms with Gasteiger partial charge in [-0.2, -0.15) is 0 Å². The minimum atomic E-state index is 0.220. The summed E-state index contributed by atoms with van der Waals surface area (Å²) in [5.74, 6) is 0. The van der Waals surface area contributed by atoms with Crippen LogP contribution < -0.4 is 0 Å². The lowest BCUT2D eigenvalue weighted by atomic mass is 9.87. The van der Waals surface area contributed by atoms with Crippen molar-refractivity contribution in [1.82, 2.24) is 4.90 Å². The first kappa shape index (κ1) is 17.2. The summed E-state index contributed by atoms with van der Waals surface area (Å²) in [6, 6.07) is 15.4. The standard InChI is InChI=1S/C20H26BrN/c1-15-17(7-6-8-19(15)21)14-22(5)13-16-9-11-18(12-10-16)20(2,3)4/h6-12H,13-14H2,1-5H3. The van der Waals surface area contributed by atoms with E-state index in [9.17, 15) is 0 Å². The van der Waals surface area contributed by atoms with E-state index in [-0.39, 0.29) is 5.41 Å². The lowest BCUT2D eigenvalue weighted by Crippen LogP contribution is -2.18. The highest BCUT2D eigenvalue weighted by atomic mass is 79.9. The fourth-order valence-corrected chi connectivity index (χ4v) is 3.00. The summed E-state index contributed by atoms with van der Waals surface area (Å²) in [6.07, 6.45) is 0. The summed E-state index contributed by atoms with van der Waals surface area (Å²) in [5, 5.41) is 0. The molecule has 0 aliphatic rings. The number of hydrogen-bond acceptors (Lipinski definition) is 1. The molecule has 0 saturated carbocycles. The van der Waals surface area contributed by atoms with E-state index < -0.39 is 0 Å². The molecular weight excluding hydrogens is 334 g/mol. The minimum absolute atomic E-state index is 0.220. The van der Waals surface area contributed by atoms with Gasteiger partial charge in [0, 0.05) is 17.6 Å². The number of rotatable bonds is 4. The zero-order valence-corrected chi connectivity index (χ0v) is 15.9. The molecule has 0 spiro atoms. The first-order valence-corrected chi connectivity index (χ1v) is 8.58. The van der Waals surface area contributed by atoms with Crippen LogP contribution in [0.25, 0.3) is 0 Å². The normalized spacial score (nSPS) is 12.0. The molecule has 22 heavy (non-hydrogen) atoms. The van der Waals surface area contributed by atoms with Crippen LogP contribution in [0.3, 0.4) is 0 Å². The zero-order valence-electron chi connectivity index (χ0n) is 14.3. The Labute approximate surface area is 143 Å². The summed E-state index contributed by atoms with van der Waals surface area (Å²) in [5.41, 5.74) is 5.68. The molecule has 0 atom stereocenters. The highest BCUT2D eigenvalue weighted by Crippen LogP contribution is 2.23. The van der Waals surface area contributed by atoms with Gasteiger partial charge in [-0.1, -0.05) is 73.1 Å². The topological polar surface area (TPSA) is 3.24 Å². The van der Waals surface area contributed by atoms with E-state index in [1.54, 1.807) is 0 Å². The molecule has 2 heteroatoms. The van der Waals surface area contributed by atoms with Crippen LogP contribution in [0.15, 0.2) is 46.9 Å². The van der Waals surface area contributed by atoms with Crippen molar-refractivity contribution < 1.29 is 0 Å². The van der Waals surface area contributed by atoms with Crippen molar-refractivity contribution in [2.24, 2.45) is 0 Å². The van der Waals surface area contributed by atoms with Crippen molar-refractivity contribution in [2.45, 2.75) is 46.2 Å². The molecule has 118 valence electrons. The maximum absolute atomic E-state index is 3.61. The van der Waals surface area contributed by atoms with Crippen molar-refractivity contribution in [3.63, 3.8) is 0 Å². The molecule has 0 N–H and O–H groups in total. The number of hydrogen-bond donors (Lipinski definition) is 0. The Kier molecular flexibility index (Phi) is 5.46. The van der Waals surface area contributed by atoms with Crippen LogP contribution in [-0.2, 0) is 18.5 Å². The Morgan fingerprint density at radius 2 is 1.59 bits per heavy atom. The van der Waals surface area contributed by atoms with E-state index in [1.165, 1.54) is 26.7 Å². The molecule has 0 unspecified atom stereocenters. The van der Waals surface area contributed by atoms with Crippen molar-refractivity contribution in [3.05, 3.63) is 69.2 Å². The maximum atomic E-state index is 3.61. The number of halogens is 1. The smallest absolute Gasteiger partial charge is 0.0237 e.